The van der Waals surface area contributed by atoms with Crippen molar-refractivity contribution in [2.45, 2.75) is 6.61 Å². The molecule has 0 amide bonds. The fraction of sp³-hybridized carbons (Fsp3) is 0.0833. The molecule has 1 N–H and O–H groups in total. The molecule has 17 heavy (non-hydrogen) atoms. The molecule has 0 radical (unpaired) electrons. The van der Waals surface area contributed by atoms with Crippen molar-refractivity contribution in [1.82, 2.24) is 0 Å². The summed E-state index contributed by atoms with van der Waals surface area (Å²) in [5.74, 6) is -0.0730. The maximum absolute atomic E-state index is 10.8. The van der Waals surface area contributed by atoms with E-state index in [9.17, 15) is 4.79 Å². The number of rotatable bonds is 4. The highest BCUT2D eigenvalue weighted by Gasteiger charge is 2.13. The minimum Gasteiger partial charge on any atom is -0.486 e. The number of carboxylic acid groups (broad SMARTS) is 1. The zero-order valence-electron chi connectivity index (χ0n) is 8.72. The van der Waals surface area contributed by atoms with E-state index < -0.39 is 5.97 Å². The third kappa shape index (κ3) is 2.88. The number of hydrogen-bond acceptors (Lipinski definition) is 3. The summed E-state index contributed by atoms with van der Waals surface area (Å²) in [7, 11) is 0. The van der Waals surface area contributed by atoms with Crippen LogP contribution < -0.4 is 4.74 Å². The Labute approximate surface area is 106 Å². The van der Waals surface area contributed by atoms with Crippen LogP contribution in [0.5, 0.6) is 5.75 Å². The van der Waals surface area contributed by atoms with Gasteiger partial charge in [0.1, 0.15) is 17.9 Å². The van der Waals surface area contributed by atoms with Gasteiger partial charge in [-0.25, -0.2) is 4.79 Å². The quantitative estimate of drug-likeness (QED) is 0.940. The summed E-state index contributed by atoms with van der Waals surface area (Å²) in [6.45, 7) is 0.0884. The summed E-state index contributed by atoms with van der Waals surface area (Å²) in [4.78, 5) is 10.8. The average Bonchev–Trinajstić information content (AvgIpc) is 2.74. The van der Waals surface area contributed by atoms with Crippen molar-refractivity contribution in [3.8, 4) is 5.75 Å². The summed E-state index contributed by atoms with van der Waals surface area (Å²) in [6, 6.07) is 8.70. The lowest BCUT2D eigenvalue weighted by Gasteiger charge is -2.05. The molecule has 0 saturated carbocycles. The van der Waals surface area contributed by atoms with Gasteiger partial charge in [0.25, 0.3) is 0 Å². The Bertz CT molecular complexity index is 533. The van der Waals surface area contributed by atoms with Gasteiger partial charge in [0, 0.05) is 4.47 Å². The first-order valence-corrected chi connectivity index (χ1v) is 5.64. The molecule has 0 atom stereocenters. The summed E-state index contributed by atoms with van der Waals surface area (Å²) in [5, 5.41) is 8.87. The van der Waals surface area contributed by atoms with Crippen LogP contribution in [0.3, 0.4) is 0 Å². The molecule has 2 rings (SSSR count). The molecule has 0 aliphatic heterocycles. The molecule has 4 nitrogen and oxygen atoms in total. The number of furan rings is 1. The highest BCUT2D eigenvalue weighted by atomic mass is 79.9. The first-order valence-electron chi connectivity index (χ1n) is 4.85. The first-order chi connectivity index (χ1) is 8.16. The molecule has 1 aromatic heterocycles. The topological polar surface area (TPSA) is 59.7 Å². The predicted molar refractivity (Wildman–Crippen MR) is 64.1 cm³/mol. The van der Waals surface area contributed by atoms with Gasteiger partial charge >= 0.3 is 5.97 Å². The van der Waals surface area contributed by atoms with Crippen molar-refractivity contribution in [2.24, 2.45) is 0 Å². The number of hydrogen-bond donors (Lipinski definition) is 1. The van der Waals surface area contributed by atoms with Gasteiger partial charge in [-0.05, 0) is 24.3 Å². The minimum absolute atomic E-state index is 0.0884. The van der Waals surface area contributed by atoms with E-state index >= 15 is 0 Å². The molecular weight excluding hydrogens is 288 g/mol. The Hall–Kier alpha value is -1.75. The second-order valence-electron chi connectivity index (χ2n) is 3.31. The van der Waals surface area contributed by atoms with E-state index in [0.29, 0.717) is 11.5 Å². The first kappa shape index (κ1) is 11.7. The second-order valence-corrected chi connectivity index (χ2v) is 4.22. The number of benzene rings is 1. The lowest BCUT2D eigenvalue weighted by molar-refractivity contribution is 0.0692. The molecule has 0 unspecified atom stereocenters. The molecule has 0 aliphatic rings. The molecule has 0 spiro atoms. The van der Waals surface area contributed by atoms with Crippen LogP contribution >= 0.6 is 15.9 Å². The fourth-order valence-electron chi connectivity index (χ4n) is 1.35. The van der Waals surface area contributed by atoms with Gasteiger partial charge in [-0.15, -0.1) is 0 Å². The maximum Gasteiger partial charge on any atom is 0.339 e. The largest absolute Gasteiger partial charge is 0.486 e. The van der Waals surface area contributed by atoms with E-state index in [-0.39, 0.29) is 12.2 Å². The Balaban J connectivity index is 2.07. The van der Waals surface area contributed by atoms with Crippen molar-refractivity contribution in [3.05, 3.63) is 52.4 Å². The highest BCUT2D eigenvalue weighted by Crippen LogP contribution is 2.20. The molecule has 1 aromatic carbocycles. The molecule has 0 fully saturated rings. The van der Waals surface area contributed by atoms with E-state index in [1.54, 1.807) is 12.1 Å². The van der Waals surface area contributed by atoms with Crippen molar-refractivity contribution in [1.29, 1.82) is 0 Å². The summed E-state index contributed by atoms with van der Waals surface area (Å²) in [5.41, 5.74) is 0.125. The van der Waals surface area contributed by atoms with Crippen molar-refractivity contribution in [3.63, 3.8) is 0 Å². The van der Waals surface area contributed by atoms with Crippen LogP contribution in [0.2, 0.25) is 0 Å². The van der Waals surface area contributed by atoms with E-state index in [4.69, 9.17) is 14.3 Å². The number of ether oxygens (including phenoxy) is 1. The van der Waals surface area contributed by atoms with Crippen LogP contribution in [0.25, 0.3) is 0 Å². The summed E-state index contributed by atoms with van der Waals surface area (Å²) >= 11 is 3.32. The van der Waals surface area contributed by atoms with Gasteiger partial charge < -0.3 is 14.3 Å². The SMILES string of the molecule is O=C(O)c1ccoc1COc1cccc(Br)c1. The van der Waals surface area contributed by atoms with Crippen LogP contribution in [0.15, 0.2) is 45.5 Å². The molecule has 0 saturated heterocycles. The molecule has 2 aromatic rings. The molecule has 0 aliphatic carbocycles. The lowest BCUT2D eigenvalue weighted by Crippen LogP contribution is -2.02. The van der Waals surface area contributed by atoms with Crippen LogP contribution in [0.4, 0.5) is 0 Å². The Morgan fingerprint density at radius 1 is 1.41 bits per heavy atom. The van der Waals surface area contributed by atoms with Crippen LogP contribution in [-0.2, 0) is 6.61 Å². The fourth-order valence-corrected chi connectivity index (χ4v) is 1.73. The third-order valence-corrected chi connectivity index (χ3v) is 2.64. The Morgan fingerprint density at radius 2 is 2.24 bits per heavy atom. The van der Waals surface area contributed by atoms with Crippen LogP contribution in [0.1, 0.15) is 16.1 Å². The van der Waals surface area contributed by atoms with Gasteiger partial charge in [-0.1, -0.05) is 22.0 Å². The highest BCUT2D eigenvalue weighted by molar-refractivity contribution is 9.10. The molecule has 1 heterocycles. The van der Waals surface area contributed by atoms with Gasteiger partial charge in [-0.3, -0.25) is 0 Å². The lowest BCUT2D eigenvalue weighted by atomic mass is 10.2. The van der Waals surface area contributed by atoms with E-state index in [2.05, 4.69) is 15.9 Å². The van der Waals surface area contributed by atoms with Crippen LogP contribution in [0, 0.1) is 0 Å². The van der Waals surface area contributed by atoms with Gasteiger partial charge in [0.2, 0.25) is 0 Å². The van der Waals surface area contributed by atoms with Crippen molar-refractivity contribution in [2.75, 3.05) is 0 Å². The standard InChI is InChI=1S/C12H9BrO4/c13-8-2-1-3-9(6-8)17-7-11-10(12(14)15)4-5-16-11/h1-6H,7H2,(H,14,15). The monoisotopic (exact) mass is 296 g/mol. The zero-order chi connectivity index (χ0) is 12.3. The Kier molecular flexibility index (Phi) is 3.49. The number of carboxylic acids is 1. The van der Waals surface area contributed by atoms with Gasteiger partial charge in [0.15, 0.2) is 5.76 Å². The van der Waals surface area contributed by atoms with E-state index in [1.807, 2.05) is 12.1 Å². The molecule has 5 heteroatoms. The minimum atomic E-state index is -1.02. The molecule has 88 valence electrons. The average molecular weight is 297 g/mol. The number of halogens is 1. The maximum atomic E-state index is 10.8. The zero-order valence-corrected chi connectivity index (χ0v) is 10.3. The smallest absolute Gasteiger partial charge is 0.339 e. The van der Waals surface area contributed by atoms with E-state index in [0.717, 1.165) is 4.47 Å². The van der Waals surface area contributed by atoms with Gasteiger partial charge in [0.05, 0.1) is 6.26 Å². The second kappa shape index (κ2) is 5.05. The van der Waals surface area contributed by atoms with Crippen molar-refractivity contribution >= 4 is 21.9 Å². The van der Waals surface area contributed by atoms with E-state index in [1.165, 1.54) is 12.3 Å². The third-order valence-electron chi connectivity index (χ3n) is 2.14. The number of aromatic carboxylic acids is 1. The van der Waals surface area contributed by atoms with Crippen molar-refractivity contribution < 1.29 is 19.1 Å². The number of carbonyl (C=O) groups is 1. The molecular formula is C12H9BrO4. The summed E-state index contributed by atoms with van der Waals surface area (Å²) < 4.78 is 11.4. The van der Waals surface area contributed by atoms with Gasteiger partial charge in [-0.2, -0.15) is 0 Å². The Morgan fingerprint density at radius 3 is 2.94 bits per heavy atom. The van der Waals surface area contributed by atoms with Crippen LogP contribution in [-0.4, -0.2) is 11.1 Å². The normalized spacial score (nSPS) is 10.2. The summed E-state index contributed by atoms with van der Waals surface area (Å²) in [6.07, 6.45) is 1.34. The predicted octanol–water partition coefficient (Wildman–Crippen LogP) is 3.32. The molecule has 0 bridgehead atoms.